The number of benzene rings is 1. The Morgan fingerprint density at radius 1 is 1.45 bits per heavy atom. The Morgan fingerprint density at radius 2 is 2.05 bits per heavy atom. The Balaban J connectivity index is 2.69. The summed E-state index contributed by atoms with van der Waals surface area (Å²) in [5.41, 5.74) is 5.24. The minimum Gasteiger partial charge on any atom is -0.386 e. The zero-order valence-electron chi connectivity index (χ0n) is 11.7. The van der Waals surface area contributed by atoms with Crippen LogP contribution in [0.4, 0.5) is 4.39 Å². The zero-order valence-corrected chi connectivity index (χ0v) is 13.3. The molecule has 1 aliphatic rings. The summed E-state index contributed by atoms with van der Waals surface area (Å²) in [7, 11) is -2.56. The van der Waals surface area contributed by atoms with Crippen LogP contribution in [0.5, 0.6) is 0 Å². The third-order valence-electron chi connectivity index (χ3n) is 3.96. The van der Waals surface area contributed by atoms with E-state index in [9.17, 15) is 8.60 Å². The summed E-state index contributed by atoms with van der Waals surface area (Å²) in [4.78, 5) is 4.41. The lowest BCUT2D eigenvalue weighted by Crippen LogP contribution is -2.54. The third-order valence-corrected chi connectivity index (χ3v) is 7.35. The van der Waals surface area contributed by atoms with Gasteiger partial charge in [-0.3, -0.25) is 9.20 Å². The number of hydrogen-bond donors (Lipinski definition) is 1. The van der Waals surface area contributed by atoms with Crippen LogP contribution in [-0.2, 0) is 15.1 Å². The van der Waals surface area contributed by atoms with Crippen molar-refractivity contribution in [2.75, 3.05) is 5.75 Å². The van der Waals surface area contributed by atoms with Gasteiger partial charge in [-0.05, 0) is 42.2 Å². The van der Waals surface area contributed by atoms with Crippen molar-refractivity contribution in [3.8, 4) is 0 Å². The van der Waals surface area contributed by atoms with Crippen LogP contribution in [0.15, 0.2) is 23.2 Å². The van der Waals surface area contributed by atoms with Gasteiger partial charge in [-0.15, -0.1) is 0 Å². The number of amidine groups is 1. The molecule has 0 saturated carbocycles. The lowest BCUT2D eigenvalue weighted by atomic mass is 9.93. The van der Waals surface area contributed by atoms with Crippen LogP contribution in [0.1, 0.15) is 26.3 Å². The Labute approximate surface area is 124 Å². The molecular formula is C14H18ClFN2OS. The lowest BCUT2D eigenvalue weighted by Gasteiger charge is -2.41. The van der Waals surface area contributed by atoms with E-state index in [4.69, 9.17) is 17.3 Å². The second-order valence-electron chi connectivity index (χ2n) is 5.84. The maximum Gasteiger partial charge on any atom is 0.147 e. The first-order valence-electron chi connectivity index (χ1n) is 6.16. The molecule has 2 atom stereocenters. The van der Waals surface area contributed by atoms with Gasteiger partial charge in [0, 0.05) is 11.3 Å². The van der Waals surface area contributed by atoms with E-state index in [0.717, 1.165) is 0 Å². The topological polar surface area (TPSA) is 55.5 Å². The van der Waals surface area contributed by atoms with Crippen molar-refractivity contribution in [1.29, 1.82) is 0 Å². The van der Waals surface area contributed by atoms with Gasteiger partial charge in [0.1, 0.15) is 11.7 Å². The van der Waals surface area contributed by atoms with Gasteiger partial charge in [0.25, 0.3) is 0 Å². The predicted molar refractivity (Wildman–Crippen MR) is 84.6 cm³/mol. The predicted octanol–water partition coefficient (Wildman–Crippen LogP) is 2.56. The number of nitrogens with two attached hydrogens (primary N) is 1. The normalized spacial score (nSPS) is 32.8. The largest absolute Gasteiger partial charge is 0.386 e. The number of halogens is 2. The van der Waals surface area contributed by atoms with Crippen molar-refractivity contribution in [2.24, 2.45) is 10.7 Å². The minimum atomic E-state index is -2.56. The molecule has 1 heterocycles. The first-order chi connectivity index (χ1) is 9.01. The molecule has 0 saturated heterocycles. The molecule has 2 N–H and O–H groups in total. The van der Waals surface area contributed by atoms with Crippen molar-refractivity contribution in [2.45, 2.75) is 31.1 Å². The highest BCUT2D eigenvalue weighted by molar-refractivity contribution is 8.02. The van der Waals surface area contributed by atoms with E-state index < -0.39 is 25.6 Å². The van der Waals surface area contributed by atoms with E-state index in [0.29, 0.717) is 5.56 Å². The van der Waals surface area contributed by atoms with Crippen LogP contribution in [-0.4, -0.2) is 26.4 Å². The highest BCUT2D eigenvalue weighted by atomic mass is 35.5. The molecule has 1 aromatic carbocycles. The molecule has 1 aromatic rings. The van der Waals surface area contributed by atoms with Gasteiger partial charge in [-0.2, -0.15) is 0 Å². The van der Waals surface area contributed by atoms with Gasteiger partial charge >= 0.3 is 0 Å². The quantitative estimate of drug-likeness (QED) is 0.810. The first kappa shape index (κ1) is 15.3. The SMILES string of the molecule is C=S1(=O)C[C@@](C)(c2cccc(Cl)c2F)N=C(N)C1(C)C. The Bertz CT molecular complexity index is 697. The van der Waals surface area contributed by atoms with Gasteiger partial charge in [0.15, 0.2) is 0 Å². The first-order valence-corrected chi connectivity index (χ1v) is 8.43. The maximum atomic E-state index is 14.2. The molecule has 0 aromatic heterocycles. The number of aliphatic imine (C=N–C) groups is 1. The fraction of sp³-hybridized carbons (Fsp3) is 0.429. The van der Waals surface area contributed by atoms with Crippen molar-refractivity contribution < 1.29 is 8.60 Å². The van der Waals surface area contributed by atoms with Crippen LogP contribution in [0, 0.1) is 5.82 Å². The van der Waals surface area contributed by atoms with Crippen molar-refractivity contribution in [3.05, 3.63) is 34.6 Å². The summed E-state index contributed by atoms with van der Waals surface area (Å²) in [5.74, 6) is 3.62. The fourth-order valence-corrected chi connectivity index (χ4v) is 4.41. The van der Waals surface area contributed by atoms with Crippen LogP contribution in [0.25, 0.3) is 0 Å². The average molecular weight is 317 g/mol. The third kappa shape index (κ3) is 2.13. The lowest BCUT2D eigenvalue weighted by molar-refractivity contribution is 0.493. The molecule has 1 unspecified atom stereocenters. The summed E-state index contributed by atoms with van der Waals surface area (Å²) in [6.07, 6.45) is 0. The second kappa shape index (κ2) is 4.46. The summed E-state index contributed by atoms with van der Waals surface area (Å²) in [6.45, 7) is 5.19. The molecule has 6 heteroatoms. The molecule has 0 fully saturated rings. The van der Waals surface area contributed by atoms with Crippen molar-refractivity contribution in [1.82, 2.24) is 0 Å². The van der Waals surface area contributed by atoms with E-state index in [2.05, 4.69) is 10.9 Å². The van der Waals surface area contributed by atoms with Crippen molar-refractivity contribution in [3.63, 3.8) is 0 Å². The summed E-state index contributed by atoms with van der Waals surface area (Å²) >= 11 is 5.82. The molecule has 3 nitrogen and oxygen atoms in total. The number of nitrogens with zero attached hydrogens (tertiary/aromatic N) is 1. The Kier molecular flexibility index (Phi) is 3.42. The summed E-state index contributed by atoms with van der Waals surface area (Å²) < 4.78 is 26.3. The van der Waals surface area contributed by atoms with Gasteiger partial charge in [0.05, 0.1) is 15.3 Å². The Hall–Kier alpha value is -1.07. The van der Waals surface area contributed by atoms with Crippen molar-refractivity contribution >= 4 is 32.8 Å². The Morgan fingerprint density at radius 3 is 2.60 bits per heavy atom. The molecular weight excluding hydrogens is 299 g/mol. The highest BCUT2D eigenvalue weighted by Gasteiger charge is 2.45. The molecule has 20 heavy (non-hydrogen) atoms. The molecule has 2 rings (SSSR count). The maximum absolute atomic E-state index is 14.2. The molecule has 0 bridgehead atoms. The van der Waals surface area contributed by atoms with E-state index >= 15 is 0 Å². The minimum absolute atomic E-state index is 0.0119. The van der Waals surface area contributed by atoms with E-state index in [-0.39, 0.29) is 16.6 Å². The average Bonchev–Trinajstić information content (AvgIpc) is 2.29. The zero-order chi connectivity index (χ0) is 15.3. The molecule has 0 amide bonds. The fourth-order valence-electron chi connectivity index (χ4n) is 2.32. The van der Waals surface area contributed by atoms with E-state index in [1.807, 2.05) is 0 Å². The molecule has 110 valence electrons. The van der Waals surface area contributed by atoms with E-state index in [1.54, 1.807) is 32.9 Å². The van der Waals surface area contributed by atoms with Crippen LogP contribution in [0.3, 0.4) is 0 Å². The summed E-state index contributed by atoms with van der Waals surface area (Å²) in [5, 5.41) is 0.0119. The van der Waals surface area contributed by atoms with Crippen LogP contribution < -0.4 is 5.73 Å². The molecule has 0 spiro atoms. The van der Waals surface area contributed by atoms with Gasteiger partial charge in [-0.1, -0.05) is 23.7 Å². The number of hydrogen-bond acceptors (Lipinski definition) is 3. The molecule has 0 radical (unpaired) electrons. The second-order valence-corrected chi connectivity index (χ2v) is 9.18. The smallest absolute Gasteiger partial charge is 0.147 e. The van der Waals surface area contributed by atoms with Gasteiger partial charge in [-0.25, -0.2) is 4.39 Å². The number of rotatable bonds is 1. The summed E-state index contributed by atoms with van der Waals surface area (Å²) in [6, 6.07) is 4.69. The van der Waals surface area contributed by atoms with Crippen LogP contribution >= 0.6 is 11.6 Å². The monoisotopic (exact) mass is 316 g/mol. The van der Waals surface area contributed by atoms with Crippen LogP contribution in [0.2, 0.25) is 5.02 Å². The molecule has 0 aliphatic carbocycles. The van der Waals surface area contributed by atoms with Gasteiger partial charge < -0.3 is 5.73 Å². The van der Waals surface area contributed by atoms with Gasteiger partial charge in [0.2, 0.25) is 0 Å². The standard InChI is InChI=1S/C14H18ClFN2OS/c1-13(2)12(17)18-14(3,8-20(13,4)19)9-6-5-7-10(15)11(9)16/h5-7H,4,8H2,1-3H3,(H2,17,18)/t14-,20?/m0/s1. The highest BCUT2D eigenvalue weighted by Crippen LogP contribution is 2.38. The molecule has 1 aliphatic heterocycles. The van der Waals surface area contributed by atoms with E-state index in [1.165, 1.54) is 6.07 Å².